The van der Waals surface area contributed by atoms with Crippen LogP contribution in [0.25, 0.3) is 5.69 Å². The van der Waals surface area contributed by atoms with E-state index in [-0.39, 0.29) is 10.9 Å². The maximum absolute atomic E-state index is 12.9. The SMILES string of the molecule is Cc1nn(-c2ccc(Cl)cc2)c(C)c1S(=O)(=O)NC1CCCCC1. The van der Waals surface area contributed by atoms with Crippen LogP contribution < -0.4 is 4.72 Å². The van der Waals surface area contributed by atoms with Gasteiger partial charge in [0.05, 0.1) is 17.1 Å². The number of hydrogen-bond acceptors (Lipinski definition) is 3. The molecule has 0 atom stereocenters. The highest BCUT2D eigenvalue weighted by molar-refractivity contribution is 7.89. The van der Waals surface area contributed by atoms with Gasteiger partial charge in [-0.2, -0.15) is 5.10 Å². The monoisotopic (exact) mass is 367 g/mol. The van der Waals surface area contributed by atoms with Gasteiger partial charge in [-0.05, 0) is 51.0 Å². The summed E-state index contributed by atoms with van der Waals surface area (Å²) in [4.78, 5) is 0.281. The third kappa shape index (κ3) is 3.50. The average Bonchev–Trinajstić information content (AvgIpc) is 2.84. The second kappa shape index (κ2) is 6.86. The normalized spacial score (nSPS) is 16.5. The lowest BCUT2D eigenvalue weighted by Gasteiger charge is -2.22. The predicted octanol–water partition coefficient (Wildman–Crippen LogP) is 3.75. The molecule has 1 aliphatic carbocycles. The molecule has 2 aromatic rings. The van der Waals surface area contributed by atoms with Crippen molar-refractivity contribution in [3.63, 3.8) is 0 Å². The molecule has 0 radical (unpaired) electrons. The van der Waals surface area contributed by atoms with E-state index in [0.29, 0.717) is 16.4 Å². The highest BCUT2D eigenvalue weighted by Gasteiger charge is 2.28. The fourth-order valence-electron chi connectivity index (χ4n) is 3.35. The second-order valence-electron chi connectivity index (χ2n) is 6.34. The largest absolute Gasteiger partial charge is 0.244 e. The molecule has 0 unspecified atom stereocenters. The van der Waals surface area contributed by atoms with Gasteiger partial charge in [-0.1, -0.05) is 30.9 Å². The molecule has 0 amide bonds. The number of aromatic nitrogens is 2. The van der Waals surface area contributed by atoms with E-state index in [1.54, 1.807) is 30.7 Å². The smallest absolute Gasteiger partial charge is 0.236 e. The first-order valence-electron chi connectivity index (χ1n) is 8.23. The van der Waals surface area contributed by atoms with E-state index in [9.17, 15) is 8.42 Å². The molecule has 7 heteroatoms. The van der Waals surface area contributed by atoms with Crippen LogP contribution in [0.3, 0.4) is 0 Å². The van der Waals surface area contributed by atoms with Crippen LogP contribution in [0, 0.1) is 13.8 Å². The fraction of sp³-hybridized carbons (Fsp3) is 0.471. The summed E-state index contributed by atoms with van der Waals surface area (Å²) in [5, 5.41) is 5.06. The Hall–Kier alpha value is -1.37. The molecule has 3 rings (SSSR count). The van der Waals surface area contributed by atoms with Gasteiger partial charge in [-0.3, -0.25) is 0 Å². The van der Waals surface area contributed by atoms with Gasteiger partial charge in [0.15, 0.2) is 0 Å². The van der Waals surface area contributed by atoms with E-state index in [1.807, 2.05) is 12.1 Å². The number of sulfonamides is 1. The number of aryl methyl sites for hydroxylation is 1. The molecular formula is C17H22ClN3O2S. The van der Waals surface area contributed by atoms with Gasteiger partial charge in [0.25, 0.3) is 0 Å². The quantitative estimate of drug-likeness (QED) is 0.894. The summed E-state index contributed by atoms with van der Waals surface area (Å²) < 4.78 is 30.2. The lowest BCUT2D eigenvalue weighted by atomic mass is 9.96. The third-order valence-electron chi connectivity index (χ3n) is 4.49. The molecule has 0 aliphatic heterocycles. The van der Waals surface area contributed by atoms with E-state index in [1.165, 1.54) is 6.42 Å². The van der Waals surface area contributed by atoms with Gasteiger partial charge < -0.3 is 0 Å². The van der Waals surface area contributed by atoms with Gasteiger partial charge in [-0.25, -0.2) is 17.8 Å². The van der Waals surface area contributed by atoms with E-state index in [0.717, 1.165) is 31.4 Å². The van der Waals surface area contributed by atoms with Crippen molar-refractivity contribution < 1.29 is 8.42 Å². The van der Waals surface area contributed by atoms with Crippen molar-refractivity contribution in [2.24, 2.45) is 0 Å². The van der Waals surface area contributed by atoms with Crippen LogP contribution in [0.5, 0.6) is 0 Å². The summed E-state index contributed by atoms with van der Waals surface area (Å²) in [7, 11) is -3.58. The Morgan fingerprint density at radius 2 is 1.75 bits per heavy atom. The molecule has 5 nitrogen and oxygen atoms in total. The number of benzene rings is 1. The van der Waals surface area contributed by atoms with Crippen LogP contribution in [0.2, 0.25) is 5.02 Å². The summed E-state index contributed by atoms with van der Waals surface area (Å²) in [6.07, 6.45) is 5.15. The van der Waals surface area contributed by atoms with Crippen LogP contribution in [0.1, 0.15) is 43.5 Å². The van der Waals surface area contributed by atoms with Crippen molar-refractivity contribution >= 4 is 21.6 Å². The first-order valence-corrected chi connectivity index (χ1v) is 10.1. The topological polar surface area (TPSA) is 64.0 Å². The molecular weight excluding hydrogens is 346 g/mol. The lowest BCUT2D eigenvalue weighted by molar-refractivity contribution is 0.412. The minimum absolute atomic E-state index is 0.0291. The summed E-state index contributed by atoms with van der Waals surface area (Å²) in [6, 6.07) is 7.21. The van der Waals surface area contributed by atoms with Crippen LogP contribution in [0.15, 0.2) is 29.2 Å². The highest BCUT2D eigenvalue weighted by atomic mass is 35.5. The Morgan fingerprint density at radius 3 is 2.38 bits per heavy atom. The first kappa shape index (κ1) is 17.5. The van der Waals surface area contributed by atoms with Gasteiger partial charge in [0.2, 0.25) is 10.0 Å². The Labute approximate surface area is 148 Å². The Kier molecular flexibility index (Phi) is 4.99. The maximum Gasteiger partial charge on any atom is 0.244 e. The van der Waals surface area contributed by atoms with Crippen molar-refractivity contribution in [2.75, 3.05) is 0 Å². The van der Waals surface area contributed by atoms with Crippen LogP contribution in [-0.2, 0) is 10.0 Å². The summed E-state index contributed by atoms with van der Waals surface area (Å²) in [6.45, 7) is 3.51. The van der Waals surface area contributed by atoms with Crippen molar-refractivity contribution in [3.8, 4) is 5.69 Å². The molecule has 24 heavy (non-hydrogen) atoms. The molecule has 0 bridgehead atoms. The summed E-state index contributed by atoms with van der Waals surface area (Å²) >= 11 is 5.92. The highest BCUT2D eigenvalue weighted by Crippen LogP contribution is 2.25. The third-order valence-corrected chi connectivity index (χ3v) is 6.52. The number of nitrogens with zero attached hydrogens (tertiary/aromatic N) is 2. The van der Waals surface area contributed by atoms with Gasteiger partial charge in [0.1, 0.15) is 4.90 Å². The number of halogens is 1. The van der Waals surface area contributed by atoms with Crippen molar-refractivity contribution in [2.45, 2.75) is 56.9 Å². The van der Waals surface area contributed by atoms with Crippen LogP contribution in [-0.4, -0.2) is 24.2 Å². The summed E-state index contributed by atoms with van der Waals surface area (Å²) in [5.74, 6) is 0. The second-order valence-corrected chi connectivity index (χ2v) is 8.43. The number of hydrogen-bond donors (Lipinski definition) is 1. The maximum atomic E-state index is 12.9. The summed E-state index contributed by atoms with van der Waals surface area (Å²) in [5.41, 5.74) is 1.91. The van der Waals surface area contributed by atoms with Gasteiger partial charge in [-0.15, -0.1) is 0 Å². The molecule has 1 fully saturated rings. The number of rotatable bonds is 4. The fourth-order valence-corrected chi connectivity index (χ4v) is 5.17. The average molecular weight is 368 g/mol. The lowest BCUT2D eigenvalue weighted by Crippen LogP contribution is -2.36. The zero-order valence-corrected chi connectivity index (χ0v) is 15.5. The predicted molar refractivity (Wildman–Crippen MR) is 95.2 cm³/mol. The molecule has 1 aromatic carbocycles. The Bertz CT molecular complexity index is 822. The van der Waals surface area contributed by atoms with Gasteiger partial charge >= 0.3 is 0 Å². The minimum Gasteiger partial charge on any atom is -0.236 e. The van der Waals surface area contributed by atoms with Crippen LogP contribution >= 0.6 is 11.6 Å². The molecule has 1 N–H and O–H groups in total. The first-order chi connectivity index (χ1) is 11.4. The van der Waals surface area contributed by atoms with E-state index >= 15 is 0 Å². The molecule has 0 spiro atoms. The molecule has 1 heterocycles. The van der Waals surface area contributed by atoms with Crippen molar-refractivity contribution in [1.29, 1.82) is 0 Å². The van der Waals surface area contributed by atoms with Gasteiger partial charge in [0, 0.05) is 11.1 Å². The molecule has 0 saturated heterocycles. The molecule has 1 saturated carbocycles. The Balaban J connectivity index is 1.94. The van der Waals surface area contributed by atoms with Crippen molar-refractivity contribution in [1.82, 2.24) is 14.5 Å². The number of nitrogens with one attached hydrogen (secondary N) is 1. The zero-order chi connectivity index (χ0) is 17.3. The molecule has 1 aliphatic rings. The molecule has 130 valence electrons. The standard InChI is InChI=1S/C17H22ClN3O2S/c1-12-17(24(22,23)20-15-6-4-3-5-7-15)13(2)21(19-12)16-10-8-14(18)9-11-16/h8-11,15,20H,3-7H2,1-2H3. The van der Waals surface area contributed by atoms with Crippen LogP contribution in [0.4, 0.5) is 0 Å². The minimum atomic E-state index is -3.58. The van der Waals surface area contributed by atoms with E-state index < -0.39 is 10.0 Å². The van der Waals surface area contributed by atoms with Crippen molar-refractivity contribution in [3.05, 3.63) is 40.7 Å². The Morgan fingerprint density at radius 1 is 1.12 bits per heavy atom. The van der Waals surface area contributed by atoms with E-state index in [2.05, 4.69) is 9.82 Å². The van der Waals surface area contributed by atoms with E-state index in [4.69, 9.17) is 11.6 Å². The molecule has 1 aromatic heterocycles. The zero-order valence-electron chi connectivity index (χ0n) is 13.9.